The third kappa shape index (κ3) is 2.71. The van der Waals surface area contributed by atoms with Gasteiger partial charge in [0, 0.05) is 27.7 Å². The maximum Gasteiger partial charge on any atom is 0.0938 e. The molecule has 0 bridgehead atoms. The molecule has 0 aromatic carbocycles. The van der Waals surface area contributed by atoms with Gasteiger partial charge in [-0.05, 0) is 51.8 Å². The molecule has 0 saturated heterocycles. The lowest BCUT2D eigenvalue weighted by Crippen LogP contribution is -2.05. The largest absolute Gasteiger partial charge is 0.387 e. The first-order valence-electron chi connectivity index (χ1n) is 5.52. The van der Waals surface area contributed by atoms with Crippen molar-refractivity contribution in [2.75, 3.05) is 0 Å². The summed E-state index contributed by atoms with van der Waals surface area (Å²) in [7, 11) is 1.90. The molecule has 2 aromatic heterocycles. The van der Waals surface area contributed by atoms with E-state index in [9.17, 15) is 5.11 Å². The van der Waals surface area contributed by atoms with Crippen LogP contribution in [0.3, 0.4) is 0 Å². The maximum atomic E-state index is 10.3. The van der Waals surface area contributed by atoms with Gasteiger partial charge in [0.1, 0.15) is 0 Å². The van der Waals surface area contributed by atoms with E-state index in [0.717, 1.165) is 25.2 Å². The molecule has 98 valence electrons. The Kier molecular flexibility index (Phi) is 4.31. The van der Waals surface area contributed by atoms with Crippen LogP contribution in [0.15, 0.2) is 15.0 Å². The van der Waals surface area contributed by atoms with Crippen LogP contribution in [0, 0.1) is 13.8 Å². The van der Waals surface area contributed by atoms with Crippen LogP contribution in [0.25, 0.3) is 0 Å². The lowest BCUT2D eigenvalue weighted by Gasteiger charge is -2.09. The second-order valence-electron chi connectivity index (χ2n) is 4.24. The van der Waals surface area contributed by atoms with E-state index in [2.05, 4.69) is 37.0 Å². The molecule has 6 heteroatoms. The van der Waals surface area contributed by atoms with Crippen molar-refractivity contribution >= 4 is 43.2 Å². The Morgan fingerprint density at radius 3 is 2.56 bits per heavy atom. The molecule has 0 radical (unpaired) electrons. The van der Waals surface area contributed by atoms with Crippen molar-refractivity contribution in [3.05, 3.63) is 36.2 Å². The number of hydrogen-bond donors (Lipinski definition) is 1. The first-order valence-corrected chi connectivity index (χ1v) is 7.92. The van der Waals surface area contributed by atoms with E-state index in [1.165, 1.54) is 4.88 Å². The molecule has 2 rings (SSSR count). The van der Waals surface area contributed by atoms with Crippen LogP contribution in [-0.2, 0) is 13.5 Å². The minimum Gasteiger partial charge on any atom is -0.387 e. The van der Waals surface area contributed by atoms with Gasteiger partial charge in [-0.1, -0.05) is 0 Å². The molecule has 0 saturated carbocycles. The fraction of sp³-hybridized carbons (Fsp3) is 0.417. The van der Waals surface area contributed by atoms with Crippen LogP contribution in [-0.4, -0.2) is 14.9 Å². The molecule has 18 heavy (non-hydrogen) atoms. The Hall–Kier alpha value is -0.170. The van der Waals surface area contributed by atoms with Crippen molar-refractivity contribution in [2.24, 2.45) is 7.05 Å². The highest BCUT2D eigenvalue weighted by Crippen LogP contribution is 2.33. The van der Waals surface area contributed by atoms with Crippen LogP contribution in [0.1, 0.15) is 27.2 Å². The van der Waals surface area contributed by atoms with Crippen molar-refractivity contribution in [1.29, 1.82) is 0 Å². The second kappa shape index (κ2) is 5.45. The fourth-order valence-corrected chi connectivity index (χ4v) is 3.88. The summed E-state index contributed by atoms with van der Waals surface area (Å²) < 4.78 is 3.86. The summed E-state index contributed by atoms with van der Waals surface area (Å²) in [6, 6.07) is 1.99. The molecule has 2 aromatic rings. The molecule has 1 atom stereocenters. The molecule has 0 spiro atoms. The van der Waals surface area contributed by atoms with E-state index in [1.807, 2.05) is 31.6 Å². The summed E-state index contributed by atoms with van der Waals surface area (Å²) in [5, 5.41) is 14.6. The predicted octanol–water partition coefficient (Wildman–Crippen LogP) is 3.90. The summed E-state index contributed by atoms with van der Waals surface area (Å²) in [5.41, 5.74) is 1.96. The van der Waals surface area contributed by atoms with Gasteiger partial charge in [0.25, 0.3) is 0 Å². The number of aryl methyl sites for hydroxylation is 3. The van der Waals surface area contributed by atoms with Gasteiger partial charge in [0.15, 0.2) is 0 Å². The minimum atomic E-state index is -0.494. The number of rotatable bonds is 3. The van der Waals surface area contributed by atoms with Crippen molar-refractivity contribution in [3.63, 3.8) is 0 Å². The Bertz CT molecular complexity index is 557. The highest BCUT2D eigenvalue weighted by Gasteiger charge is 2.18. The first kappa shape index (κ1) is 14.2. The smallest absolute Gasteiger partial charge is 0.0938 e. The number of hydrogen-bond acceptors (Lipinski definition) is 3. The summed E-state index contributed by atoms with van der Waals surface area (Å²) in [6.07, 6.45) is 0.0655. The first-order chi connectivity index (χ1) is 8.40. The fourth-order valence-electron chi connectivity index (χ4n) is 1.83. The highest BCUT2D eigenvalue weighted by molar-refractivity contribution is 9.10. The van der Waals surface area contributed by atoms with Crippen molar-refractivity contribution in [2.45, 2.75) is 26.4 Å². The molecular weight excluding hydrogens is 380 g/mol. The molecule has 2 heterocycles. The van der Waals surface area contributed by atoms with Gasteiger partial charge < -0.3 is 5.11 Å². The van der Waals surface area contributed by atoms with Crippen LogP contribution < -0.4 is 0 Å². The second-order valence-corrected chi connectivity index (χ2v) is 7.18. The molecular formula is C12H14Br2N2OS. The predicted molar refractivity (Wildman–Crippen MR) is 81.1 cm³/mol. The number of halogens is 2. The Labute approximate surface area is 127 Å². The topological polar surface area (TPSA) is 38.0 Å². The van der Waals surface area contributed by atoms with Crippen LogP contribution in [0.2, 0.25) is 0 Å². The lowest BCUT2D eigenvalue weighted by molar-refractivity contribution is 0.179. The molecule has 3 nitrogen and oxygen atoms in total. The van der Waals surface area contributed by atoms with E-state index in [0.29, 0.717) is 6.42 Å². The van der Waals surface area contributed by atoms with E-state index in [-0.39, 0.29) is 0 Å². The number of aromatic nitrogens is 2. The molecule has 0 amide bonds. The zero-order valence-electron chi connectivity index (χ0n) is 10.4. The summed E-state index contributed by atoms with van der Waals surface area (Å²) in [4.78, 5) is 2.16. The van der Waals surface area contributed by atoms with Crippen LogP contribution in [0.4, 0.5) is 0 Å². The molecule has 0 aliphatic rings. The zero-order chi connectivity index (χ0) is 13.4. The third-order valence-corrected chi connectivity index (χ3v) is 6.12. The van der Waals surface area contributed by atoms with Crippen molar-refractivity contribution < 1.29 is 5.11 Å². The van der Waals surface area contributed by atoms with Gasteiger partial charge in [-0.3, -0.25) is 4.68 Å². The number of thiophene rings is 1. The minimum absolute atomic E-state index is 0.494. The maximum absolute atomic E-state index is 10.3. The average Bonchev–Trinajstić information content (AvgIpc) is 2.75. The van der Waals surface area contributed by atoms with Gasteiger partial charge in [-0.25, -0.2) is 0 Å². The average molecular weight is 394 g/mol. The Balaban J connectivity index is 2.23. The van der Waals surface area contributed by atoms with E-state index >= 15 is 0 Å². The van der Waals surface area contributed by atoms with Gasteiger partial charge >= 0.3 is 0 Å². The Morgan fingerprint density at radius 1 is 1.44 bits per heavy atom. The van der Waals surface area contributed by atoms with Crippen molar-refractivity contribution in [1.82, 2.24) is 9.78 Å². The van der Waals surface area contributed by atoms with Gasteiger partial charge in [0.05, 0.1) is 22.0 Å². The number of nitrogens with zero attached hydrogens (tertiary/aromatic N) is 2. The van der Waals surface area contributed by atoms with E-state index in [4.69, 9.17) is 0 Å². The van der Waals surface area contributed by atoms with E-state index < -0.39 is 6.10 Å². The highest BCUT2D eigenvalue weighted by atomic mass is 79.9. The SMILES string of the molecule is Cc1nn(C)c(CC(O)c2cc(Br)c(C)s2)c1Br. The summed E-state index contributed by atoms with van der Waals surface area (Å²) in [6.45, 7) is 3.99. The number of aliphatic hydroxyl groups excluding tert-OH is 1. The lowest BCUT2D eigenvalue weighted by atomic mass is 10.1. The molecule has 0 aliphatic carbocycles. The quantitative estimate of drug-likeness (QED) is 0.858. The molecule has 0 fully saturated rings. The normalized spacial score (nSPS) is 13.0. The van der Waals surface area contributed by atoms with Crippen LogP contribution >= 0.6 is 43.2 Å². The molecule has 1 N–H and O–H groups in total. The standard InChI is InChI=1S/C12H14Br2N2OS/c1-6-12(14)9(16(3)15-6)5-10(17)11-4-8(13)7(2)18-11/h4,10,17H,5H2,1-3H3. The van der Waals surface area contributed by atoms with E-state index in [1.54, 1.807) is 11.3 Å². The van der Waals surface area contributed by atoms with Gasteiger partial charge in [-0.15, -0.1) is 11.3 Å². The zero-order valence-corrected chi connectivity index (χ0v) is 14.4. The third-order valence-electron chi connectivity index (χ3n) is 2.85. The number of aliphatic hydroxyl groups is 1. The summed E-state index contributed by atoms with van der Waals surface area (Å²) in [5.74, 6) is 0. The van der Waals surface area contributed by atoms with Gasteiger partial charge in [-0.2, -0.15) is 5.10 Å². The molecule has 0 aliphatic heterocycles. The Morgan fingerprint density at radius 2 is 2.11 bits per heavy atom. The van der Waals surface area contributed by atoms with Gasteiger partial charge in [0.2, 0.25) is 0 Å². The van der Waals surface area contributed by atoms with Crippen LogP contribution in [0.5, 0.6) is 0 Å². The summed E-state index contributed by atoms with van der Waals surface area (Å²) >= 11 is 8.62. The monoisotopic (exact) mass is 392 g/mol. The molecule has 1 unspecified atom stereocenters. The van der Waals surface area contributed by atoms with Crippen molar-refractivity contribution in [3.8, 4) is 0 Å².